The van der Waals surface area contributed by atoms with Crippen LogP contribution in [0.5, 0.6) is 0 Å². The molecule has 132 valence electrons. The minimum atomic E-state index is -0.187. The lowest BCUT2D eigenvalue weighted by Gasteiger charge is -2.36. The minimum Gasteiger partial charge on any atom is -0.348 e. The van der Waals surface area contributed by atoms with E-state index in [1.165, 1.54) is 6.07 Å². The SMILES string of the molecule is CC(=O)N[C@H](c1ccccn1)C1CCN(Cc2cccc(F)c2)CC1. The lowest BCUT2D eigenvalue weighted by atomic mass is 9.87. The molecule has 0 bridgehead atoms. The molecule has 25 heavy (non-hydrogen) atoms. The van der Waals surface area contributed by atoms with Crippen LogP contribution in [0.25, 0.3) is 0 Å². The summed E-state index contributed by atoms with van der Waals surface area (Å²) in [7, 11) is 0. The summed E-state index contributed by atoms with van der Waals surface area (Å²) in [6, 6.07) is 12.6. The van der Waals surface area contributed by atoms with Crippen LogP contribution in [0.4, 0.5) is 4.39 Å². The predicted octanol–water partition coefficient (Wildman–Crippen LogP) is 3.31. The molecule has 1 saturated heterocycles. The summed E-state index contributed by atoms with van der Waals surface area (Å²) in [5.41, 5.74) is 1.92. The van der Waals surface area contributed by atoms with Gasteiger partial charge in [0.1, 0.15) is 5.82 Å². The first-order valence-corrected chi connectivity index (χ1v) is 8.76. The number of pyridine rings is 1. The molecule has 1 N–H and O–H groups in total. The summed E-state index contributed by atoms with van der Waals surface area (Å²) in [6.45, 7) is 4.18. The number of carbonyl (C=O) groups is 1. The van der Waals surface area contributed by atoms with Crippen LogP contribution in [0.15, 0.2) is 48.7 Å². The summed E-state index contributed by atoms with van der Waals surface area (Å²) in [5, 5.41) is 3.07. The zero-order valence-electron chi connectivity index (χ0n) is 14.5. The van der Waals surface area contributed by atoms with E-state index in [0.717, 1.165) is 43.7 Å². The van der Waals surface area contributed by atoms with Crippen LogP contribution >= 0.6 is 0 Å². The van der Waals surface area contributed by atoms with Gasteiger partial charge in [-0.3, -0.25) is 14.7 Å². The maximum absolute atomic E-state index is 13.3. The van der Waals surface area contributed by atoms with Crippen molar-refractivity contribution in [1.82, 2.24) is 15.2 Å². The van der Waals surface area contributed by atoms with Crippen molar-refractivity contribution in [3.05, 3.63) is 65.7 Å². The zero-order valence-corrected chi connectivity index (χ0v) is 14.5. The van der Waals surface area contributed by atoms with Gasteiger partial charge in [-0.1, -0.05) is 18.2 Å². The second-order valence-corrected chi connectivity index (χ2v) is 6.68. The molecule has 1 aliphatic heterocycles. The molecule has 3 rings (SSSR count). The largest absolute Gasteiger partial charge is 0.348 e. The number of nitrogens with zero attached hydrogens (tertiary/aromatic N) is 2. The fourth-order valence-electron chi connectivity index (χ4n) is 3.55. The molecule has 1 atom stereocenters. The van der Waals surface area contributed by atoms with Crippen molar-refractivity contribution >= 4 is 5.91 Å². The van der Waals surface area contributed by atoms with E-state index in [4.69, 9.17) is 0 Å². The number of aromatic nitrogens is 1. The van der Waals surface area contributed by atoms with Gasteiger partial charge >= 0.3 is 0 Å². The topological polar surface area (TPSA) is 45.2 Å². The van der Waals surface area contributed by atoms with Crippen LogP contribution in [0, 0.1) is 11.7 Å². The van der Waals surface area contributed by atoms with Gasteiger partial charge in [0.15, 0.2) is 0 Å². The first-order valence-electron chi connectivity index (χ1n) is 8.76. The monoisotopic (exact) mass is 341 g/mol. The Labute approximate surface area is 148 Å². The van der Waals surface area contributed by atoms with Gasteiger partial charge in [0.25, 0.3) is 0 Å². The Morgan fingerprint density at radius 3 is 2.72 bits per heavy atom. The third-order valence-electron chi connectivity index (χ3n) is 4.76. The van der Waals surface area contributed by atoms with Crippen molar-refractivity contribution in [3.63, 3.8) is 0 Å². The number of hydrogen-bond donors (Lipinski definition) is 1. The quantitative estimate of drug-likeness (QED) is 0.907. The van der Waals surface area contributed by atoms with Crippen molar-refractivity contribution in [2.45, 2.75) is 32.4 Å². The number of halogens is 1. The molecule has 5 heteroatoms. The van der Waals surface area contributed by atoms with Gasteiger partial charge in [-0.25, -0.2) is 4.39 Å². The van der Waals surface area contributed by atoms with Crippen molar-refractivity contribution in [3.8, 4) is 0 Å². The predicted molar refractivity (Wildman–Crippen MR) is 95.2 cm³/mol. The number of carbonyl (C=O) groups excluding carboxylic acids is 1. The van der Waals surface area contributed by atoms with E-state index in [0.29, 0.717) is 5.92 Å². The first-order chi connectivity index (χ1) is 12.1. The first kappa shape index (κ1) is 17.5. The summed E-state index contributed by atoms with van der Waals surface area (Å²) in [6.07, 6.45) is 3.73. The highest BCUT2D eigenvalue weighted by atomic mass is 19.1. The summed E-state index contributed by atoms with van der Waals surface area (Å²) >= 11 is 0. The lowest BCUT2D eigenvalue weighted by molar-refractivity contribution is -0.120. The second kappa shape index (κ2) is 8.21. The average Bonchev–Trinajstić information content (AvgIpc) is 2.61. The highest BCUT2D eigenvalue weighted by Gasteiger charge is 2.29. The van der Waals surface area contributed by atoms with Crippen LogP contribution in [0.1, 0.15) is 37.1 Å². The molecule has 2 heterocycles. The van der Waals surface area contributed by atoms with E-state index in [-0.39, 0.29) is 17.8 Å². The minimum absolute atomic E-state index is 0.0298. The second-order valence-electron chi connectivity index (χ2n) is 6.68. The molecule has 1 aliphatic rings. The Bertz CT molecular complexity index is 699. The van der Waals surface area contributed by atoms with Gasteiger partial charge in [0.2, 0.25) is 5.91 Å². The fourth-order valence-corrected chi connectivity index (χ4v) is 3.55. The zero-order chi connectivity index (χ0) is 17.6. The van der Waals surface area contributed by atoms with Crippen molar-refractivity contribution in [2.24, 2.45) is 5.92 Å². The van der Waals surface area contributed by atoms with Crippen molar-refractivity contribution in [1.29, 1.82) is 0 Å². The number of rotatable bonds is 5. The maximum atomic E-state index is 13.3. The van der Waals surface area contributed by atoms with Gasteiger partial charge in [-0.15, -0.1) is 0 Å². The van der Waals surface area contributed by atoms with E-state index in [9.17, 15) is 9.18 Å². The lowest BCUT2D eigenvalue weighted by Crippen LogP contribution is -2.40. The maximum Gasteiger partial charge on any atom is 0.217 e. The average molecular weight is 341 g/mol. The van der Waals surface area contributed by atoms with Crippen LogP contribution < -0.4 is 5.32 Å². The van der Waals surface area contributed by atoms with Crippen LogP contribution in [-0.2, 0) is 11.3 Å². The summed E-state index contributed by atoms with van der Waals surface area (Å²) in [5.74, 6) is 0.147. The molecule has 0 saturated carbocycles. The molecule has 1 aromatic heterocycles. The smallest absolute Gasteiger partial charge is 0.217 e. The Balaban J connectivity index is 1.62. The number of nitrogens with one attached hydrogen (secondary N) is 1. The van der Waals surface area contributed by atoms with Crippen molar-refractivity contribution in [2.75, 3.05) is 13.1 Å². The Kier molecular flexibility index (Phi) is 5.76. The number of benzene rings is 1. The van der Waals surface area contributed by atoms with Crippen molar-refractivity contribution < 1.29 is 9.18 Å². The van der Waals surface area contributed by atoms with Crippen LogP contribution in [-0.4, -0.2) is 28.9 Å². The molecule has 0 radical (unpaired) electrons. The molecule has 1 aromatic carbocycles. The van der Waals surface area contributed by atoms with Crippen LogP contribution in [0.3, 0.4) is 0 Å². The Morgan fingerprint density at radius 1 is 1.28 bits per heavy atom. The molecular weight excluding hydrogens is 317 g/mol. The van der Waals surface area contributed by atoms with Crippen LogP contribution in [0.2, 0.25) is 0 Å². The molecule has 0 unspecified atom stereocenters. The van der Waals surface area contributed by atoms with Gasteiger partial charge in [0, 0.05) is 19.7 Å². The number of hydrogen-bond acceptors (Lipinski definition) is 3. The van der Waals surface area contributed by atoms with Gasteiger partial charge in [0.05, 0.1) is 11.7 Å². The van der Waals surface area contributed by atoms with E-state index in [1.807, 2.05) is 24.3 Å². The van der Waals surface area contributed by atoms with Gasteiger partial charge in [-0.05, 0) is 61.7 Å². The third kappa shape index (κ3) is 4.86. The fraction of sp³-hybridized carbons (Fsp3) is 0.400. The highest BCUT2D eigenvalue weighted by Crippen LogP contribution is 2.30. The molecule has 1 amide bonds. The molecule has 0 aliphatic carbocycles. The molecule has 4 nitrogen and oxygen atoms in total. The van der Waals surface area contributed by atoms with E-state index in [1.54, 1.807) is 25.3 Å². The molecular formula is C20H24FN3O. The Hall–Kier alpha value is -2.27. The normalized spacial score (nSPS) is 17.2. The molecule has 2 aromatic rings. The standard InChI is InChI=1S/C20H24FN3O/c1-15(25)23-20(19-7-2-3-10-22-19)17-8-11-24(12-9-17)14-16-5-4-6-18(21)13-16/h2-7,10,13,17,20H,8-9,11-12,14H2,1H3,(H,23,25)/t20-/m0/s1. The number of amides is 1. The van der Waals surface area contributed by atoms with E-state index < -0.39 is 0 Å². The molecule has 1 fully saturated rings. The molecule has 0 spiro atoms. The number of piperidine rings is 1. The summed E-state index contributed by atoms with van der Waals surface area (Å²) in [4.78, 5) is 18.4. The third-order valence-corrected chi connectivity index (χ3v) is 4.76. The van der Waals surface area contributed by atoms with E-state index >= 15 is 0 Å². The summed E-state index contributed by atoms with van der Waals surface area (Å²) < 4.78 is 13.3. The Morgan fingerprint density at radius 2 is 2.08 bits per heavy atom. The highest BCUT2D eigenvalue weighted by molar-refractivity contribution is 5.73. The van der Waals surface area contributed by atoms with E-state index in [2.05, 4.69) is 15.2 Å². The number of likely N-dealkylation sites (tertiary alicyclic amines) is 1. The van der Waals surface area contributed by atoms with Gasteiger partial charge < -0.3 is 5.32 Å². The van der Waals surface area contributed by atoms with Gasteiger partial charge in [-0.2, -0.15) is 0 Å².